The molecule has 2 saturated heterocycles. The Kier molecular flexibility index (Phi) is 23.2. The van der Waals surface area contributed by atoms with Crippen molar-refractivity contribution in [3.8, 4) is 0 Å². The Morgan fingerprint density at radius 3 is 1.23 bits per heavy atom. The average molecular weight is 1040 g/mol. The standard InChI is InChI=1S/C48H89N15O10/c1-43(2,37(68)55-30-22-27(33(52)64)23-54-26-30)61-41(72)47(9,10)59-35(66)31(17-13-15-19-49)57-39(70)45(5,6)63-42(73)48(11,12)60-36(67)32(18-14-16-20-50)56-38(69)44(3,4)62-40(71)46(7,8)58-34(65)28-21-29(51)25-53-24-28/h27-32,53-54H,13-26,49-51H2,1-12H3,(H2,52,64)(H,55,68)(H,56,69)(H,57,70)(H,58,65)(H,59,66)(H,60,67)(H,61,72)(H,62,71)(H,63,73)/t27?,28?,29?,30?,31-,32-/m0/s1. The van der Waals surface area contributed by atoms with Crippen LogP contribution in [0.15, 0.2) is 0 Å². The molecule has 19 N–H and O–H groups in total. The fraction of sp³-hybridized carbons (Fsp3) is 0.792. The van der Waals surface area contributed by atoms with Gasteiger partial charge in [-0.15, -0.1) is 0 Å². The summed E-state index contributed by atoms with van der Waals surface area (Å²) in [6.07, 6.45) is 2.82. The molecule has 0 spiro atoms. The summed E-state index contributed by atoms with van der Waals surface area (Å²) in [5.41, 5.74) is 13.5. The minimum Gasteiger partial charge on any atom is -0.369 e. The Bertz CT molecular complexity index is 2010. The van der Waals surface area contributed by atoms with E-state index in [4.69, 9.17) is 22.9 Å². The number of hydrogen-bond acceptors (Lipinski definition) is 15. The third kappa shape index (κ3) is 19.7. The van der Waals surface area contributed by atoms with E-state index in [0.717, 1.165) is 0 Å². The number of rotatable bonds is 27. The molecular weight excluding hydrogens is 947 g/mol. The van der Waals surface area contributed by atoms with Crippen molar-refractivity contribution in [3.63, 3.8) is 0 Å². The zero-order chi connectivity index (χ0) is 55.9. The van der Waals surface area contributed by atoms with E-state index >= 15 is 0 Å². The first-order chi connectivity index (χ1) is 33.5. The van der Waals surface area contributed by atoms with Gasteiger partial charge in [-0.2, -0.15) is 0 Å². The summed E-state index contributed by atoms with van der Waals surface area (Å²) in [4.78, 5) is 135. The highest BCUT2D eigenvalue weighted by molar-refractivity contribution is 6.01. The van der Waals surface area contributed by atoms with E-state index in [9.17, 15) is 47.9 Å². The molecule has 2 aliphatic rings. The molecule has 10 amide bonds. The van der Waals surface area contributed by atoms with Crippen LogP contribution >= 0.6 is 0 Å². The van der Waals surface area contributed by atoms with Crippen LogP contribution in [-0.4, -0.2) is 156 Å². The van der Waals surface area contributed by atoms with Gasteiger partial charge in [-0.3, -0.25) is 47.9 Å². The second kappa shape index (κ2) is 26.6. The van der Waals surface area contributed by atoms with Gasteiger partial charge in [0.25, 0.3) is 0 Å². The van der Waals surface area contributed by atoms with Crippen molar-refractivity contribution in [1.82, 2.24) is 58.5 Å². The maximum absolute atomic E-state index is 13.9. The third-order valence-corrected chi connectivity index (χ3v) is 13.0. The Hall–Kier alpha value is -5.50. The molecule has 2 heterocycles. The van der Waals surface area contributed by atoms with Crippen LogP contribution in [-0.2, 0) is 47.9 Å². The summed E-state index contributed by atoms with van der Waals surface area (Å²) >= 11 is 0. The number of unbranched alkanes of at least 4 members (excludes halogenated alkanes) is 2. The van der Waals surface area contributed by atoms with E-state index in [2.05, 4.69) is 58.5 Å². The zero-order valence-electron chi connectivity index (χ0n) is 45.3. The number of nitrogens with two attached hydrogens (primary N) is 4. The molecule has 0 saturated carbocycles. The summed E-state index contributed by atoms with van der Waals surface area (Å²) in [6, 6.07) is -3.04. The van der Waals surface area contributed by atoms with E-state index < -0.39 is 116 Å². The maximum atomic E-state index is 13.9. The molecule has 0 bridgehead atoms. The monoisotopic (exact) mass is 1040 g/mol. The van der Waals surface area contributed by atoms with Gasteiger partial charge in [-0.1, -0.05) is 0 Å². The topological polar surface area (TPSA) is 407 Å². The molecule has 0 aromatic carbocycles. The lowest BCUT2D eigenvalue weighted by molar-refractivity contribution is -0.140. The first-order valence-corrected chi connectivity index (χ1v) is 25.2. The Morgan fingerprint density at radius 2 is 0.836 bits per heavy atom. The first-order valence-electron chi connectivity index (χ1n) is 25.2. The van der Waals surface area contributed by atoms with Crippen molar-refractivity contribution in [2.45, 2.75) is 192 Å². The minimum absolute atomic E-state index is 0.105. The van der Waals surface area contributed by atoms with Gasteiger partial charge in [0, 0.05) is 38.3 Å². The van der Waals surface area contributed by atoms with Crippen LogP contribution in [0.2, 0.25) is 0 Å². The number of amides is 10. The van der Waals surface area contributed by atoms with Crippen molar-refractivity contribution in [2.24, 2.45) is 34.8 Å². The van der Waals surface area contributed by atoms with Crippen LogP contribution < -0.4 is 81.4 Å². The van der Waals surface area contributed by atoms with Crippen molar-refractivity contribution in [1.29, 1.82) is 0 Å². The molecule has 73 heavy (non-hydrogen) atoms. The van der Waals surface area contributed by atoms with Crippen LogP contribution in [0.5, 0.6) is 0 Å². The molecule has 4 unspecified atom stereocenters. The van der Waals surface area contributed by atoms with E-state index in [1.807, 2.05) is 0 Å². The second-order valence-electron chi connectivity index (χ2n) is 22.7. The summed E-state index contributed by atoms with van der Waals surface area (Å²) in [5.74, 6) is -7.45. The van der Waals surface area contributed by atoms with Gasteiger partial charge in [0.1, 0.15) is 45.3 Å². The number of nitrogens with one attached hydrogen (secondary N) is 11. The van der Waals surface area contributed by atoms with E-state index in [1.54, 1.807) is 0 Å². The smallest absolute Gasteiger partial charge is 0.246 e. The molecule has 0 aromatic heterocycles. The quantitative estimate of drug-likeness (QED) is 0.0350. The Morgan fingerprint density at radius 1 is 0.466 bits per heavy atom. The van der Waals surface area contributed by atoms with E-state index in [-0.39, 0.29) is 24.8 Å². The zero-order valence-corrected chi connectivity index (χ0v) is 45.3. The van der Waals surface area contributed by atoms with Crippen LogP contribution in [0, 0.1) is 11.8 Å². The number of primary amides is 1. The number of carbonyl (C=O) groups excluding carboxylic acids is 10. The lowest BCUT2D eigenvalue weighted by Gasteiger charge is -2.36. The fourth-order valence-electron chi connectivity index (χ4n) is 7.87. The van der Waals surface area contributed by atoms with Gasteiger partial charge >= 0.3 is 0 Å². The van der Waals surface area contributed by atoms with Gasteiger partial charge in [-0.05, 0) is 148 Å². The molecule has 25 nitrogen and oxygen atoms in total. The van der Waals surface area contributed by atoms with Crippen LogP contribution in [0.1, 0.15) is 134 Å². The van der Waals surface area contributed by atoms with Gasteiger partial charge in [0.2, 0.25) is 59.1 Å². The van der Waals surface area contributed by atoms with Gasteiger partial charge in [0.05, 0.1) is 11.8 Å². The molecule has 0 aromatic rings. The normalized spacial score (nSPS) is 19.7. The molecule has 416 valence electrons. The van der Waals surface area contributed by atoms with Gasteiger partial charge in [-0.25, -0.2) is 0 Å². The lowest BCUT2D eigenvalue weighted by Crippen LogP contribution is -2.67. The second-order valence-corrected chi connectivity index (χ2v) is 22.7. The van der Waals surface area contributed by atoms with Crippen molar-refractivity contribution in [3.05, 3.63) is 0 Å². The Balaban J connectivity index is 2.15. The van der Waals surface area contributed by atoms with Crippen LogP contribution in [0.4, 0.5) is 0 Å². The number of hydrogen-bond donors (Lipinski definition) is 15. The Labute approximate surface area is 430 Å². The van der Waals surface area contributed by atoms with Crippen LogP contribution in [0.3, 0.4) is 0 Å². The highest BCUT2D eigenvalue weighted by Crippen LogP contribution is 2.18. The van der Waals surface area contributed by atoms with Crippen molar-refractivity contribution < 1.29 is 47.9 Å². The lowest BCUT2D eigenvalue weighted by atomic mass is 9.93. The molecular formula is C48H89N15O10. The van der Waals surface area contributed by atoms with Gasteiger partial charge < -0.3 is 81.4 Å². The summed E-state index contributed by atoms with van der Waals surface area (Å²) in [7, 11) is 0. The molecule has 2 aliphatic heterocycles. The van der Waals surface area contributed by atoms with E-state index in [0.29, 0.717) is 77.8 Å². The first kappa shape index (κ1) is 63.6. The maximum Gasteiger partial charge on any atom is 0.246 e. The summed E-state index contributed by atoms with van der Waals surface area (Å²) < 4.78 is 0. The third-order valence-electron chi connectivity index (χ3n) is 13.0. The molecule has 2 rings (SSSR count). The molecule has 0 radical (unpaired) electrons. The van der Waals surface area contributed by atoms with Crippen LogP contribution in [0.25, 0.3) is 0 Å². The highest BCUT2D eigenvalue weighted by atomic mass is 16.2. The average Bonchev–Trinajstić information content (AvgIpc) is 3.27. The van der Waals surface area contributed by atoms with Gasteiger partial charge in [0.15, 0.2) is 0 Å². The SMILES string of the molecule is CC(C)(NC(=O)C1CNCC(N)C1)C(=O)NC(C)(C)C(=O)N[C@@H](CCCCN)C(=O)NC(C)(C)C(=O)NC(C)(C)C(=O)N[C@@H](CCCCN)C(=O)NC(C)(C)C(=O)NC(C)(C)C(=O)NC1CNCC(C(N)=O)C1. The largest absolute Gasteiger partial charge is 0.369 e. The number of piperidine rings is 2. The summed E-state index contributed by atoms with van der Waals surface area (Å²) in [5, 5.41) is 30.5. The van der Waals surface area contributed by atoms with E-state index in [1.165, 1.54) is 83.1 Å². The highest BCUT2D eigenvalue weighted by Gasteiger charge is 2.44. The minimum atomic E-state index is -1.69. The van der Waals surface area contributed by atoms with Crippen molar-refractivity contribution >= 4 is 59.1 Å². The summed E-state index contributed by atoms with van der Waals surface area (Å²) in [6.45, 7) is 19.7. The fourth-order valence-corrected chi connectivity index (χ4v) is 7.87. The molecule has 0 aliphatic carbocycles. The van der Waals surface area contributed by atoms with Crippen molar-refractivity contribution in [2.75, 3.05) is 39.3 Å². The number of carbonyl (C=O) groups is 10. The molecule has 25 heteroatoms. The predicted octanol–water partition coefficient (Wildman–Crippen LogP) is -3.90. The predicted molar refractivity (Wildman–Crippen MR) is 274 cm³/mol. The molecule has 6 atom stereocenters. The molecule has 2 fully saturated rings.